The van der Waals surface area contributed by atoms with E-state index in [4.69, 9.17) is 15.6 Å². The average molecular weight is 570 g/mol. The van der Waals surface area contributed by atoms with Gasteiger partial charge in [-0.05, 0) is 31.3 Å². The molecule has 12 heteroatoms. The van der Waals surface area contributed by atoms with Crippen molar-refractivity contribution >= 4 is 39.3 Å². The Morgan fingerprint density at radius 2 is 1.86 bits per heavy atom. The van der Waals surface area contributed by atoms with Crippen LogP contribution in [-0.4, -0.2) is 98.1 Å². The van der Waals surface area contributed by atoms with Gasteiger partial charge in [-0.3, -0.25) is 9.69 Å². The van der Waals surface area contributed by atoms with Crippen LogP contribution in [-0.2, 0) is 13.6 Å². The summed E-state index contributed by atoms with van der Waals surface area (Å²) < 4.78 is 9.22. The second kappa shape index (κ2) is 11.4. The third-order valence-electron chi connectivity index (χ3n) is 7.91. The minimum Gasteiger partial charge on any atom is -0.495 e. The molecule has 0 spiro atoms. The highest BCUT2D eigenvalue weighted by atomic mass is 16.5. The smallest absolute Gasteiger partial charge is 0.272 e. The predicted octanol–water partition coefficient (Wildman–Crippen LogP) is 2.44. The number of anilines is 2. The molecule has 4 N–H and O–H groups in total. The number of nitrogens with two attached hydrogens (primary N) is 1. The number of methoxy groups -OCH3 is 1. The van der Waals surface area contributed by atoms with Gasteiger partial charge in [0.1, 0.15) is 29.3 Å². The van der Waals surface area contributed by atoms with Crippen LogP contribution in [0.5, 0.6) is 5.75 Å². The number of nitrogens with zero attached hydrogens (tertiary/aromatic N) is 7. The molecule has 218 valence electrons. The maximum Gasteiger partial charge on any atom is 0.272 e. The van der Waals surface area contributed by atoms with Gasteiger partial charge in [0.25, 0.3) is 5.91 Å². The second-order valence-electron chi connectivity index (χ2n) is 10.8. The van der Waals surface area contributed by atoms with Gasteiger partial charge in [0.05, 0.1) is 30.8 Å². The summed E-state index contributed by atoms with van der Waals surface area (Å²) in [4.78, 5) is 26.4. The standard InChI is InChI=1S/C30H35N9O3/c1-36-10-12-38(13-11-36)16-21(40)17-39-29-26(28(31)32-18-33-29)27(35-39)20-8-9-22(25(15-20)42-3)34-30(41)24-14-19-6-4-5-7-23(19)37(24)2/h4-9,14-15,18,21,40H,10-13,16-17H2,1-3H3,(H,34,41)(H2,31,32,33). The summed E-state index contributed by atoms with van der Waals surface area (Å²) in [6.07, 6.45) is 0.764. The monoisotopic (exact) mass is 569 g/mol. The van der Waals surface area contributed by atoms with Gasteiger partial charge < -0.3 is 30.4 Å². The fraction of sp³-hybridized carbons (Fsp3) is 0.333. The number of carbonyl (C=O) groups excluding carboxylic acids is 1. The fourth-order valence-electron chi connectivity index (χ4n) is 5.58. The number of aliphatic hydroxyl groups is 1. The molecule has 1 fully saturated rings. The summed E-state index contributed by atoms with van der Waals surface area (Å²) in [7, 11) is 5.53. The van der Waals surface area contributed by atoms with Crippen LogP contribution < -0.4 is 15.8 Å². The number of hydrogen-bond donors (Lipinski definition) is 3. The van der Waals surface area contributed by atoms with Crippen molar-refractivity contribution in [1.82, 2.24) is 34.1 Å². The quantitative estimate of drug-likeness (QED) is 0.257. The van der Waals surface area contributed by atoms with Crippen molar-refractivity contribution in [3.05, 3.63) is 60.6 Å². The number of nitrogen functional groups attached to an aromatic ring is 1. The predicted molar refractivity (Wildman–Crippen MR) is 163 cm³/mol. The van der Waals surface area contributed by atoms with E-state index in [1.54, 1.807) is 23.9 Å². The zero-order valence-corrected chi connectivity index (χ0v) is 24.0. The van der Waals surface area contributed by atoms with Crippen molar-refractivity contribution in [2.45, 2.75) is 12.6 Å². The minimum atomic E-state index is -0.637. The zero-order chi connectivity index (χ0) is 29.4. The molecule has 0 saturated carbocycles. The lowest BCUT2D eigenvalue weighted by Crippen LogP contribution is -2.47. The van der Waals surface area contributed by atoms with Crippen LogP contribution in [0.3, 0.4) is 0 Å². The summed E-state index contributed by atoms with van der Waals surface area (Å²) in [5.74, 6) is 0.510. The van der Waals surface area contributed by atoms with Crippen LogP contribution in [0.2, 0.25) is 0 Å². The van der Waals surface area contributed by atoms with Gasteiger partial charge in [-0.2, -0.15) is 5.10 Å². The number of β-amino-alcohol motifs (C(OH)–C–C–N with tert-alkyl or cyclic N) is 1. The Morgan fingerprint density at radius 1 is 1.07 bits per heavy atom. The Labute approximate surface area is 243 Å². The van der Waals surface area contributed by atoms with Crippen LogP contribution in [0, 0.1) is 0 Å². The molecule has 1 amide bonds. The van der Waals surface area contributed by atoms with E-state index in [2.05, 4.69) is 32.1 Å². The van der Waals surface area contributed by atoms with E-state index in [9.17, 15) is 9.90 Å². The molecule has 1 aliphatic heterocycles. The van der Waals surface area contributed by atoms with Crippen molar-refractivity contribution in [1.29, 1.82) is 0 Å². The first-order chi connectivity index (χ1) is 20.3. The first-order valence-electron chi connectivity index (χ1n) is 13.9. The van der Waals surface area contributed by atoms with E-state index in [0.717, 1.165) is 37.1 Å². The van der Waals surface area contributed by atoms with Gasteiger partial charge in [-0.15, -0.1) is 0 Å². The number of piperazine rings is 1. The third-order valence-corrected chi connectivity index (χ3v) is 7.91. The molecule has 0 radical (unpaired) electrons. The number of likely N-dealkylation sites (N-methyl/N-ethyl adjacent to an activating group) is 1. The van der Waals surface area contributed by atoms with Crippen LogP contribution >= 0.6 is 0 Å². The largest absolute Gasteiger partial charge is 0.495 e. The Balaban J connectivity index is 1.27. The van der Waals surface area contributed by atoms with E-state index in [0.29, 0.717) is 51.8 Å². The molecule has 12 nitrogen and oxygen atoms in total. The van der Waals surface area contributed by atoms with E-state index < -0.39 is 6.10 Å². The van der Waals surface area contributed by atoms with Crippen molar-refractivity contribution in [3.63, 3.8) is 0 Å². The lowest BCUT2D eigenvalue weighted by atomic mass is 10.1. The van der Waals surface area contributed by atoms with Gasteiger partial charge in [-0.1, -0.05) is 24.3 Å². The number of benzene rings is 2. The van der Waals surface area contributed by atoms with Crippen LogP contribution in [0.4, 0.5) is 11.5 Å². The number of aryl methyl sites for hydroxylation is 1. The first-order valence-corrected chi connectivity index (χ1v) is 13.9. The minimum absolute atomic E-state index is 0.249. The number of aliphatic hydroxyl groups excluding tert-OH is 1. The number of ether oxygens (including phenoxy) is 1. The maximum absolute atomic E-state index is 13.2. The van der Waals surface area contributed by atoms with E-state index in [-0.39, 0.29) is 12.5 Å². The number of aromatic nitrogens is 5. The topological polar surface area (TPSA) is 140 Å². The Kier molecular flexibility index (Phi) is 7.50. The molecular formula is C30H35N9O3. The second-order valence-corrected chi connectivity index (χ2v) is 10.8. The highest BCUT2D eigenvalue weighted by Gasteiger charge is 2.23. The molecule has 3 aromatic heterocycles. The molecule has 5 aromatic rings. The lowest BCUT2D eigenvalue weighted by Gasteiger charge is -2.33. The molecule has 1 saturated heterocycles. The van der Waals surface area contributed by atoms with Crippen molar-refractivity contribution < 1.29 is 14.6 Å². The molecule has 6 rings (SSSR count). The molecule has 4 heterocycles. The number of carbonyl (C=O) groups is 1. The number of hydrogen-bond acceptors (Lipinski definition) is 9. The molecule has 0 aliphatic carbocycles. The first kappa shape index (κ1) is 27.6. The summed E-state index contributed by atoms with van der Waals surface area (Å²) >= 11 is 0. The van der Waals surface area contributed by atoms with Crippen molar-refractivity contribution in [2.75, 3.05) is 57.9 Å². The molecule has 1 unspecified atom stereocenters. The maximum atomic E-state index is 13.2. The summed E-state index contributed by atoms with van der Waals surface area (Å²) in [6.45, 7) is 4.59. The molecule has 42 heavy (non-hydrogen) atoms. The summed E-state index contributed by atoms with van der Waals surface area (Å²) in [5, 5.41) is 20.3. The number of amides is 1. The van der Waals surface area contributed by atoms with Crippen LogP contribution in [0.15, 0.2) is 54.9 Å². The van der Waals surface area contributed by atoms with Crippen LogP contribution in [0.1, 0.15) is 10.5 Å². The molecule has 1 atom stereocenters. The van der Waals surface area contributed by atoms with E-state index in [1.165, 1.54) is 6.33 Å². The number of rotatable bonds is 8. The normalized spacial score (nSPS) is 15.3. The Morgan fingerprint density at radius 3 is 2.62 bits per heavy atom. The van der Waals surface area contributed by atoms with Gasteiger partial charge in [0.2, 0.25) is 0 Å². The summed E-state index contributed by atoms with van der Waals surface area (Å²) in [6, 6.07) is 15.1. The van der Waals surface area contributed by atoms with Crippen LogP contribution in [0.25, 0.3) is 33.2 Å². The molecule has 1 aliphatic rings. The number of nitrogens with one attached hydrogen (secondary N) is 1. The molecule has 2 aromatic carbocycles. The Bertz CT molecular complexity index is 1750. The fourth-order valence-corrected chi connectivity index (χ4v) is 5.58. The summed E-state index contributed by atoms with van der Waals surface area (Å²) in [5.41, 5.74) is 10.2. The third kappa shape index (κ3) is 5.27. The van der Waals surface area contributed by atoms with Gasteiger partial charge in [0, 0.05) is 56.2 Å². The van der Waals surface area contributed by atoms with Gasteiger partial charge in [0.15, 0.2) is 5.65 Å². The van der Waals surface area contributed by atoms with Crippen molar-refractivity contribution in [2.24, 2.45) is 7.05 Å². The Hall–Kier alpha value is -4.52. The number of fused-ring (bicyclic) bond motifs is 2. The highest BCUT2D eigenvalue weighted by Crippen LogP contribution is 2.35. The van der Waals surface area contributed by atoms with E-state index >= 15 is 0 Å². The molecule has 0 bridgehead atoms. The van der Waals surface area contributed by atoms with Gasteiger partial charge >= 0.3 is 0 Å². The highest BCUT2D eigenvalue weighted by molar-refractivity contribution is 6.07. The number of para-hydroxylation sites is 1. The average Bonchev–Trinajstić information content (AvgIpc) is 3.53. The van der Waals surface area contributed by atoms with Crippen molar-refractivity contribution in [3.8, 4) is 17.0 Å². The molecular weight excluding hydrogens is 534 g/mol. The zero-order valence-electron chi connectivity index (χ0n) is 24.0. The van der Waals surface area contributed by atoms with E-state index in [1.807, 2.05) is 48.0 Å². The van der Waals surface area contributed by atoms with Gasteiger partial charge in [-0.25, -0.2) is 14.6 Å². The SMILES string of the molecule is COc1cc(-c2nn(CC(O)CN3CCN(C)CC3)c3ncnc(N)c23)ccc1NC(=O)c1cc2ccccc2n1C. The lowest BCUT2D eigenvalue weighted by molar-refractivity contribution is 0.0697.